The normalized spacial score (nSPS) is 17.3. The molecular formula is C20H20N2O5. The summed E-state index contributed by atoms with van der Waals surface area (Å²) >= 11 is 0. The van der Waals surface area contributed by atoms with Gasteiger partial charge in [-0.2, -0.15) is 0 Å². The van der Waals surface area contributed by atoms with Crippen molar-refractivity contribution in [3.05, 3.63) is 48.0 Å². The van der Waals surface area contributed by atoms with Crippen molar-refractivity contribution in [1.29, 1.82) is 0 Å². The number of rotatable bonds is 5. The topological polar surface area (TPSA) is 77.1 Å². The minimum Gasteiger partial charge on any atom is -0.479 e. The van der Waals surface area contributed by atoms with Crippen molar-refractivity contribution in [3.63, 3.8) is 0 Å². The summed E-state index contributed by atoms with van der Waals surface area (Å²) in [5.41, 5.74) is 1.62. The molecule has 2 aliphatic heterocycles. The predicted octanol–water partition coefficient (Wildman–Crippen LogP) is 2.24. The molecule has 0 aromatic heterocycles. The molecule has 7 heteroatoms. The molecule has 0 fully saturated rings. The van der Waals surface area contributed by atoms with Gasteiger partial charge in [-0.1, -0.05) is 18.2 Å². The standard InChI is InChI=1S/C20H20N2O5/c1-13-20(24)22(15-4-2-3-5-16(15)27-13)9-8-19(23)21-11-14-6-7-17-18(10-14)26-12-25-17/h2-7,10,13H,8-9,11-12H2,1H3,(H,21,23). The van der Waals surface area contributed by atoms with Crippen LogP contribution < -0.4 is 24.4 Å². The Labute approximate surface area is 156 Å². The van der Waals surface area contributed by atoms with Gasteiger partial charge in [0, 0.05) is 19.5 Å². The number of fused-ring (bicyclic) bond motifs is 2. The third-order valence-electron chi connectivity index (χ3n) is 4.56. The number of ether oxygens (including phenoxy) is 3. The van der Waals surface area contributed by atoms with Crippen LogP contribution in [0.3, 0.4) is 0 Å². The second kappa shape index (κ2) is 7.19. The molecule has 2 aromatic carbocycles. The molecule has 0 aliphatic carbocycles. The van der Waals surface area contributed by atoms with Crippen LogP contribution in [-0.4, -0.2) is 31.3 Å². The molecule has 27 heavy (non-hydrogen) atoms. The second-order valence-corrected chi connectivity index (χ2v) is 6.43. The van der Waals surface area contributed by atoms with E-state index in [0.717, 1.165) is 5.56 Å². The van der Waals surface area contributed by atoms with Crippen LogP contribution in [0.1, 0.15) is 18.9 Å². The number of nitrogens with one attached hydrogen (secondary N) is 1. The molecule has 0 bridgehead atoms. The zero-order valence-corrected chi connectivity index (χ0v) is 14.9. The third-order valence-corrected chi connectivity index (χ3v) is 4.56. The number of para-hydroxylation sites is 2. The summed E-state index contributed by atoms with van der Waals surface area (Å²) in [6, 6.07) is 12.9. The van der Waals surface area contributed by atoms with E-state index in [4.69, 9.17) is 14.2 Å². The molecule has 2 heterocycles. The highest BCUT2D eigenvalue weighted by atomic mass is 16.7. The highest BCUT2D eigenvalue weighted by molar-refractivity contribution is 6.00. The Morgan fingerprint density at radius 1 is 1.15 bits per heavy atom. The van der Waals surface area contributed by atoms with Gasteiger partial charge in [-0.15, -0.1) is 0 Å². The number of nitrogens with zero attached hydrogens (tertiary/aromatic N) is 1. The van der Waals surface area contributed by atoms with Crippen LogP contribution in [0, 0.1) is 0 Å². The molecule has 1 unspecified atom stereocenters. The van der Waals surface area contributed by atoms with Gasteiger partial charge in [0.05, 0.1) is 5.69 Å². The van der Waals surface area contributed by atoms with Gasteiger partial charge < -0.3 is 24.4 Å². The zero-order chi connectivity index (χ0) is 18.8. The third kappa shape index (κ3) is 3.53. The van der Waals surface area contributed by atoms with Gasteiger partial charge in [0.15, 0.2) is 17.6 Å². The van der Waals surface area contributed by atoms with E-state index in [1.54, 1.807) is 11.8 Å². The lowest BCUT2D eigenvalue weighted by molar-refractivity contribution is -0.125. The number of carbonyl (C=O) groups is 2. The van der Waals surface area contributed by atoms with Crippen LogP contribution in [0.25, 0.3) is 0 Å². The molecule has 7 nitrogen and oxygen atoms in total. The largest absolute Gasteiger partial charge is 0.479 e. The molecule has 2 aliphatic rings. The highest BCUT2D eigenvalue weighted by Crippen LogP contribution is 2.34. The van der Waals surface area contributed by atoms with Crippen molar-refractivity contribution in [3.8, 4) is 17.2 Å². The van der Waals surface area contributed by atoms with Crippen molar-refractivity contribution in [1.82, 2.24) is 5.32 Å². The smallest absolute Gasteiger partial charge is 0.267 e. The fourth-order valence-corrected chi connectivity index (χ4v) is 3.14. The Bertz CT molecular complexity index is 882. The SMILES string of the molecule is CC1Oc2ccccc2N(CCC(=O)NCc2ccc3c(c2)OCO3)C1=O. The molecule has 0 radical (unpaired) electrons. The number of benzene rings is 2. The van der Waals surface area contributed by atoms with Gasteiger partial charge in [0.2, 0.25) is 12.7 Å². The second-order valence-electron chi connectivity index (χ2n) is 6.43. The minimum absolute atomic E-state index is 0.128. The van der Waals surface area contributed by atoms with Gasteiger partial charge >= 0.3 is 0 Å². The summed E-state index contributed by atoms with van der Waals surface area (Å²) in [6.07, 6.45) is -0.353. The maximum absolute atomic E-state index is 12.4. The number of carbonyl (C=O) groups excluding carboxylic acids is 2. The van der Waals surface area contributed by atoms with E-state index in [-0.39, 0.29) is 25.0 Å². The number of hydrogen-bond donors (Lipinski definition) is 1. The van der Waals surface area contributed by atoms with Gasteiger partial charge in [-0.05, 0) is 36.8 Å². The van der Waals surface area contributed by atoms with E-state index in [2.05, 4.69) is 5.32 Å². The van der Waals surface area contributed by atoms with Crippen LogP contribution in [0.5, 0.6) is 17.2 Å². The van der Waals surface area contributed by atoms with Crippen molar-refractivity contribution < 1.29 is 23.8 Å². The van der Waals surface area contributed by atoms with Crippen LogP contribution in [-0.2, 0) is 16.1 Å². The average Bonchev–Trinajstić information content (AvgIpc) is 3.14. The lowest BCUT2D eigenvalue weighted by Crippen LogP contribution is -2.45. The molecular weight excluding hydrogens is 348 g/mol. The first-order valence-corrected chi connectivity index (χ1v) is 8.84. The maximum Gasteiger partial charge on any atom is 0.267 e. The van der Waals surface area contributed by atoms with Gasteiger partial charge in [-0.25, -0.2) is 0 Å². The molecule has 4 rings (SSSR count). The first-order chi connectivity index (χ1) is 13.1. The summed E-state index contributed by atoms with van der Waals surface area (Å²) in [7, 11) is 0. The van der Waals surface area contributed by atoms with E-state index >= 15 is 0 Å². The molecule has 1 N–H and O–H groups in total. The Balaban J connectivity index is 1.34. The Hall–Kier alpha value is -3.22. The molecule has 140 valence electrons. The lowest BCUT2D eigenvalue weighted by atomic mass is 10.1. The monoisotopic (exact) mass is 368 g/mol. The van der Waals surface area contributed by atoms with Crippen LogP contribution >= 0.6 is 0 Å². The molecule has 0 saturated heterocycles. The fourth-order valence-electron chi connectivity index (χ4n) is 3.14. The number of amides is 2. The summed E-state index contributed by atoms with van der Waals surface area (Å²) in [5, 5.41) is 2.88. The van der Waals surface area contributed by atoms with Gasteiger partial charge in [-0.3, -0.25) is 9.59 Å². The first kappa shape index (κ1) is 17.2. The average molecular weight is 368 g/mol. The maximum atomic E-state index is 12.4. The summed E-state index contributed by atoms with van der Waals surface area (Å²) < 4.78 is 16.2. The molecule has 0 spiro atoms. The summed E-state index contributed by atoms with van der Waals surface area (Å²) in [5.74, 6) is 1.79. The number of hydrogen-bond acceptors (Lipinski definition) is 5. The summed E-state index contributed by atoms with van der Waals surface area (Å²) in [4.78, 5) is 26.3. The molecule has 0 saturated carbocycles. The Morgan fingerprint density at radius 3 is 2.85 bits per heavy atom. The lowest BCUT2D eigenvalue weighted by Gasteiger charge is -2.32. The van der Waals surface area contributed by atoms with Crippen LogP contribution in [0.2, 0.25) is 0 Å². The highest BCUT2D eigenvalue weighted by Gasteiger charge is 2.31. The summed E-state index contributed by atoms with van der Waals surface area (Å²) in [6.45, 7) is 2.62. The van der Waals surface area contributed by atoms with Crippen LogP contribution in [0.15, 0.2) is 42.5 Å². The van der Waals surface area contributed by atoms with Crippen molar-refractivity contribution in [2.75, 3.05) is 18.2 Å². The van der Waals surface area contributed by atoms with Crippen molar-refractivity contribution >= 4 is 17.5 Å². The first-order valence-electron chi connectivity index (χ1n) is 8.84. The van der Waals surface area contributed by atoms with Crippen LogP contribution in [0.4, 0.5) is 5.69 Å². The Kier molecular flexibility index (Phi) is 4.58. The van der Waals surface area contributed by atoms with Gasteiger partial charge in [0.25, 0.3) is 5.91 Å². The van der Waals surface area contributed by atoms with E-state index in [1.165, 1.54) is 0 Å². The van der Waals surface area contributed by atoms with Crippen molar-refractivity contribution in [2.24, 2.45) is 0 Å². The Morgan fingerprint density at radius 2 is 1.96 bits per heavy atom. The van der Waals surface area contributed by atoms with E-state index in [9.17, 15) is 9.59 Å². The quantitative estimate of drug-likeness (QED) is 0.876. The zero-order valence-electron chi connectivity index (χ0n) is 14.9. The fraction of sp³-hybridized carbons (Fsp3) is 0.300. The van der Waals surface area contributed by atoms with Crippen molar-refractivity contribution in [2.45, 2.75) is 26.0 Å². The molecule has 2 amide bonds. The minimum atomic E-state index is -0.559. The predicted molar refractivity (Wildman–Crippen MR) is 97.9 cm³/mol. The molecule has 2 aromatic rings. The molecule has 1 atom stereocenters. The number of anilines is 1. The van der Waals surface area contributed by atoms with E-state index in [1.807, 2.05) is 42.5 Å². The van der Waals surface area contributed by atoms with E-state index in [0.29, 0.717) is 36.0 Å². The van der Waals surface area contributed by atoms with E-state index < -0.39 is 6.10 Å². The van der Waals surface area contributed by atoms with Gasteiger partial charge in [0.1, 0.15) is 5.75 Å².